The fraction of sp³-hybridized carbons (Fsp3) is 0.200. The minimum absolute atomic E-state index is 0.150. The maximum atomic E-state index is 13.0. The van der Waals surface area contributed by atoms with Gasteiger partial charge in [0.15, 0.2) is 11.5 Å². The lowest BCUT2D eigenvalue weighted by atomic mass is 9.94. The highest BCUT2D eigenvalue weighted by Crippen LogP contribution is 2.37. The van der Waals surface area contributed by atoms with E-state index in [0.717, 1.165) is 5.56 Å². The molecular formula is C20H19N3O5. The zero-order valence-corrected chi connectivity index (χ0v) is 15.4. The number of urea groups is 1. The Bertz CT molecular complexity index is 968. The first-order valence-electron chi connectivity index (χ1n) is 8.68. The molecule has 2 aromatic carbocycles. The molecule has 4 rings (SSSR count). The number of allylic oxidation sites excluding steroid dienone is 1. The van der Waals surface area contributed by atoms with Gasteiger partial charge in [-0.1, -0.05) is 6.07 Å². The highest BCUT2D eigenvalue weighted by atomic mass is 16.7. The van der Waals surface area contributed by atoms with Crippen molar-refractivity contribution < 1.29 is 23.8 Å². The molecule has 0 aliphatic carbocycles. The molecule has 0 aromatic heterocycles. The molecule has 8 nitrogen and oxygen atoms in total. The predicted octanol–water partition coefficient (Wildman–Crippen LogP) is 2.69. The monoisotopic (exact) mass is 381 g/mol. The van der Waals surface area contributed by atoms with Crippen LogP contribution in [0, 0.1) is 0 Å². The summed E-state index contributed by atoms with van der Waals surface area (Å²) in [4.78, 5) is 25.0. The number of anilines is 1. The van der Waals surface area contributed by atoms with E-state index in [4.69, 9.17) is 14.2 Å². The third-order valence-corrected chi connectivity index (χ3v) is 4.59. The number of ether oxygens (including phenoxy) is 3. The van der Waals surface area contributed by atoms with Crippen molar-refractivity contribution in [3.8, 4) is 17.2 Å². The van der Waals surface area contributed by atoms with Crippen molar-refractivity contribution in [1.29, 1.82) is 0 Å². The minimum Gasteiger partial charge on any atom is -0.497 e. The topological polar surface area (TPSA) is 97.9 Å². The van der Waals surface area contributed by atoms with Crippen LogP contribution in [0.25, 0.3) is 0 Å². The quantitative estimate of drug-likeness (QED) is 0.756. The molecule has 144 valence electrons. The Labute approximate surface area is 161 Å². The summed E-state index contributed by atoms with van der Waals surface area (Å²) in [6, 6.07) is 11.3. The van der Waals surface area contributed by atoms with Gasteiger partial charge in [-0.2, -0.15) is 0 Å². The van der Waals surface area contributed by atoms with Crippen LogP contribution in [-0.4, -0.2) is 25.8 Å². The zero-order chi connectivity index (χ0) is 19.7. The summed E-state index contributed by atoms with van der Waals surface area (Å²) in [7, 11) is 1.58. The third-order valence-electron chi connectivity index (χ3n) is 4.59. The summed E-state index contributed by atoms with van der Waals surface area (Å²) in [5, 5.41) is 8.32. The second-order valence-electron chi connectivity index (χ2n) is 6.37. The number of hydrogen-bond acceptors (Lipinski definition) is 5. The number of rotatable bonds is 4. The number of nitrogens with one attached hydrogen (secondary N) is 3. The Kier molecular flexibility index (Phi) is 4.52. The molecule has 2 aliphatic rings. The highest BCUT2D eigenvalue weighted by molar-refractivity contribution is 6.06. The van der Waals surface area contributed by atoms with E-state index < -0.39 is 6.04 Å². The van der Waals surface area contributed by atoms with E-state index in [2.05, 4.69) is 16.0 Å². The van der Waals surface area contributed by atoms with Crippen LogP contribution in [0.2, 0.25) is 0 Å². The number of fused-ring (bicyclic) bond motifs is 1. The third kappa shape index (κ3) is 3.32. The molecule has 2 aliphatic heterocycles. The van der Waals surface area contributed by atoms with Crippen molar-refractivity contribution in [3.63, 3.8) is 0 Å². The lowest BCUT2D eigenvalue weighted by Gasteiger charge is -2.28. The molecule has 2 aromatic rings. The maximum Gasteiger partial charge on any atom is 0.319 e. The van der Waals surface area contributed by atoms with Crippen LogP contribution < -0.4 is 30.2 Å². The van der Waals surface area contributed by atoms with Gasteiger partial charge in [0.25, 0.3) is 5.91 Å². The Hall–Kier alpha value is -3.68. The van der Waals surface area contributed by atoms with E-state index >= 15 is 0 Å². The largest absolute Gasteiger partial charge is 0.497 e. The normalized spacial score (nSPS) is 17.6. The molecule has 0 spiro atoms. The molecule has 1 atom stereocenters. The molecule has 3 N–H and O–H groups in total. The summed E-state index contributed by atoms with van der Waals surface area (Å²) >= 11 is 0. The molecule has 0 saturated heterocycles. The average Bonchev–Trinajstić information content (AvgIpc) is 3.15. The minimum atomic E-state index is -0.624. The second-order valence-corrected chi connectivity index (χ2v) is 6.37. The predicted molar refractivity (Wildman–Crippen MR) is 101 cm³/mol. The van der Waals surface area contributed by atoms with Gasteiger partial charge in [0.1, 0.15) is 5.75 Å². The highest BCUT2D eigenvalue weighted by Gasteiger charge is 2.32. The summed E-state index contributed by atoms with van der Waals surface area (Å²) < 4.78 is 15.9. The van der Waals surface area contributed by atoms with E-state index in [-0.39, 0.29) is 18.7 Å². The van der Waals surface area contributed by atoms with Crippen LogP contribution in [0.1, 0.15) is 18.5 Å². The number of amides is 3. The van der Waals surface area contributed by atoms with Crippen molar-refractivity contribution >= 4 is 17.6 Å². The Balaban J connectivity index is 1.64. The Morgan fingerprint density at radius 3 is 2.64 bits per heavy atom. The molecule has 0 radical (unpaired) electrons. The molecule has 0 saturated carbocycles. The number of methoxy groups -OCH3 is 1. The fourth-order valence-corrected chi connectivity index (χ4v) is 3.21. The number of carbonyl (C=O) groups is 2. The Morgan fingerprint density at radius 1 is 1.14 bits per heavy atom. The van der Waals surface area contributed by atoms with Gasteiger partial charge in [0, 0.05) is 11.4 Å². The van der Waals surface area contributed by atoms with Crippen LogP contribution in [0.5, 0.6) is 17.2 Å². The molecule has 2 heterocycles. The Morgan fingerprint density at radius 2 is 1.89 bits per heavy atom. The molecule has 28 heavy (non-hydrogen) atoms. The first-order chi connectivity index (χ1) is 13.5. The molecular weight excluding hydrogens is 362 g/mol. The van der Waals surface area contributed by atoms with E-state index in [1.54, 1.807) is 56.5 Å². The van der Waals surface area contributed by atoms with Gasteiger partial charge in [0.2, 0.25) is 6.79 Å². The van der Waals surface area contributed by atoms with E-state index in [1.807, 2.05) is 0 Å². The van der Waals surface area contributed by atoms with Crippen molar-refractivity contribution in [2.75, 3.05) is 19.2 Å². The van der Waals surface area contributed by atoms with Gasteiger partial charge in [-0.05, 0) is 48.9 Å². The molecule has 8 heteroatoms. The number of benzene rings is 2. The van der Waals surface area contributed by atoms with Gasteiger partial charge in [-0.25, -0.2) is 4.79 Å². The molecule has 0 bridgehead atoms. The first-order valence-corrected chi connectivity index (χ1v) is 8.68. The standard InChI is InChI=1S/C20H19N3O5/c1-11-17(19(24)22-13-4-6-14(26-2)7-5-13)18(23-20(25)21-11)12-3-8-15-16(9-12)28-10-27-15/h3-9,18H,10H2,1-2H3,(H,22,24)(H2,21,23,25)/t18-/m0/s1. The van der Waals surface area contributed by atoms with Gasteiger partial charge in [-0.3, -0.25) is 4.79 Å². The maximum absolute atomic E-state index is 13.0. The van der Waals surface area contributed by atoms with E-state index in [9.17, 15) is 9.59 Å². The van der Waals surface area contributed by atoms with Gasteiger partial charge < -0.3 is 30.2 Å². The van der Waals surface area contributed by atoms with Crippen molar-refractivity contribution in [2.24, 2.45) is 0 Å². The van der Waals surface area contributed by atoms with E-state index in [1.165, 1.54) is 0 Å². The number of hydrogen-bond donors (Lipinski definition) is 3. The SMILES string of the molecule is COc1ccc(NC(=O)C2=C(C)NC(=O)N[C@H]2c2ccc3c(c2)OCO3)cc1. The van der Waals surface area contributed by atoms with E-state index in [0.29, 0.717) is 34.2 Å². The first kappa shape index (κ1) is 17.7. The summed E-state index contributed by atoms with van der Waals surface area (Å²) in [5.74, 6) is 1.59. The zero-order valence-electron chi connectivity index (χ0n) is 15.4. The van der Waals surface area contributed by atoms with Crippen molar-refractivity contribution in [3.05, 3.63) is 59.3 Å². The fourth-order valence-electron chi connectivity index (χ4n) is 3.21. The lowest BCUT2D eigenvalue weighted by molar-refractivity contribution is -0.113. The number of carbonyl (C=O) groups excluding carboxylic acids is 2. The lowest BCUT2D eigenvalue weighted by Crippen LogP contribution is -2.45. The van der Waals surface area contributed by atoms with Crippen LogP contribution in [0.3, 0.4) is 0 Å². The smallest absolute Gasteiger partial charge is 0.319 e. The van der Waals surface area contributed by atoms with Gasteiger partial charge >= 0.3 is 6.03 Å². The summed E-state index contributed by atoms with van der Waals surface area (Å²) in [6.45, 7) is 1.85. The van der Waals surface area contributed by atoms with Crippen molar-refractivity contribution in [1.82, 2.24) is 10.6 Å². The average molecular weight is 381 g/mol. The summed E-state index contributed by atoms with van der Waals surface area (Å²) in [6.07, 6.45) is 0. The molecule has 0 unspecified atom stereocenters. The van der Waals surface area contributed by atoms with Gasteiger partial charge in [-0.15, -0.1) is 0 Å². The van der Waals surface area contributed by atoms with Crippen LogP contribution in [0.4, 0.5) is 10.5 Å². The van der Waals surface area contributed by atoms with Crippen LogP contribution in [0.15, 0.2) is 53.7 Å². The van der Waals surface area contributed by atoms with Crippen LogP contribution in [-0.2, 0) is 4.79 Å². The molecule has 3 amide bonds. The molecule has 0 fully saturated rings. The second kappa shape index (κ2) is 7.15. The van der Waals surface area contributed by atoms with Gasteiger partial charge in [0.05, 0.1) is 18.7 Å². The summed E-state index contributed by atoms with van der Waals surface area (Å²) in [5.41, 5.74) is 2.23. The van der Waals surface area contributed by atoms with Crippen molar-refractivity contribution in [2.45, 2.75) is 13.0 Å². The van der Waals surface area contributed by atoms with Crippen LogP contribution >= 0.6 is 0 Å².